The van der Waals surface area contributed by atoms with Crippen molar-refractivity contribution in [3.63, 3.8) is 0 Å². The summed E-state index contributed by atoms with van der Waals surface area (Å²) < 4.78 is 6.07. The zero-order valence-corrected chi connectivity index (χ0v) is 14.1. The molecular weight excluding hydrogens is 248 g/mol. The first kappa shape index (κ1) is 16.3. The third kappa shape index (κ3) is 3.75. The van der Waals surface area contributed by atoms with Crippen molar-refractivity contribution in [3.8, 4) is 0 Å². The molecule has 3 atom stereocenters. The number of hydrogen-bond donors (Lipinski definition) is 1. The van der Waals surface area contributed by atoms with Gasteiger partial charge in [0, 0.05) is 30.7 Å². The minimum atomic E-state index is 0.281. The summed E-state index contributed by atoms with van der Waals surface area (Å²) in [5.74, 6) is 0.634. The van der Waals surface area contributed by atoms with Gasteiger partial charge < -0.3 is 15.0 Å². The lowest BCUT2D eigenvalue weighted by Gasteiger charge is -2.53. The molecule has 1 aliphatic carbocycles. The summed E-state index contributed by atoms with van der Waals surface area (Å²) >= 11 is 0. The van der Waals surface area contributed by atoms with Crippen LogP contribution in [-0.4, -0.2) is 49.3 Å². The summed E-state index contributed by atoms with van der Waals surface area (Å²) in [5, 5.41) is 3.91. The minimum Gasteiger partial charge on any atom is -0.377 e. The maximum atomic E-state index is 6.07. The van der Waals surface area contributed by atoms with E-state index in [2.05, 4.69) is 44.8 Å². The Balaban J connectivity index is 1.77. The topological polar surface area (TPSA) is 24.5 Å². The van der Waals surface area contributed by atoms with Crippen molar-refractivity contribution in [1.29, 1.82) is 0 Å². The van der Waals surface area contributed by atoms with E-state index in [1.807, 2.05) is 0 Å². The van der Waals surface area contributed by atoms with E-state index < -0.39 is 0 Å². The first-order valence-corrected chi connectivity index (χ1v) is 8.53. The molecule has 0 bridgehead atoms. The Bertz CT molecular complexity index is 303. The fraction of sp³-hybridized carbons (Fsp3) is 1.00. The second-order valence-corrected chi connectivity index (χ2v) is 7.72. The van der Waals surface area contributed by atoms with Crippen molar-refractivity contribution < 1.29 is 4.74 Å². The Morgan fingerprint density at radius 3 is 2.70 bits per heavy atom. The molecule has 0 radical (unpaired) electrons. The van der Waals surface area contributed by atoms with E-state index in [-0.39, 0.29) is 5.41 Å². The van der Waals surface area contributed by atoms with Crippen LogP contribution in [0.25, 0.3) is 0 Å². The van der Waals surface area contributed by atoms with E-state index in [9.17, 15) is 0 Å². The number of nitrogens with zero attached hydrogens (tertiary/aromatic N) is 1. The van der Waals surface area contributed by atoms with Crippen LogP contribution < -0.4 is 5.32 Å². The van der Waals surface area contributed by atoms with Gasteiger partial charge in [0.25, 0.3) is 0 Å². The Labute approximate surface area is 125 Å². The quantitative estimate of drug-likeness (QED) is 0.811. The van der Waals surface area contributed by atoms with Gasteiger partial charge in [-0.05, 0) is 38.3 Å². The van der Waals surface area contributed by atoms with E-state index in [4.69, 9.17) is 4.74 Å². The minimum absolute atomic E-state index is 0.281. The first-order chi connectivity index (χ1) is 9.43. The molecule has 0 spiro atoms. The Kier molecular flexibility index (Phi) is 5.49. The molecule has 0 amide bonds. The Morgan fingerprint density at radius 1 is 1.35 bits per heavy atom. The average Bonchev–Trinajstić information content (AvgIpc) is 2.42. The summed E-state index contributed by atoms with van der Waals surface area (Å²) in [6, 6.07) is 1.31. The van der Waals surface area contributed by atoms with Crippen molar-refractivity contribution in [2.75, 3.05) is 26.2 Å². The van der Waals surface area contributed by atoms with E-state index in [0.29, 0.717) is 24.1 Å². The number of hydrogen-bond acceptors (Lipinski definition) is 3. The van der Waals surface area contributed by atoms with Crippen molar-refractivity contribution in [2.24, 2.45) is 11.3 Å². The molecule has 3 nitrogen and oxygen atoms in total. The number of rotatable bonds is 6. The molecular formula is C17H34N2O. The molecule has 20 heavy (non-hydrogen) atoms. The molecule has 1 heterocycles. The van der Waals surface area contributed by atoms with Gasteiger partial charge in [0.2, 0.25) is 0 Å². The lowest BCUT2D eigenvalue weighted by Crippen LogP contribution is -2.64. The van der Waals surface area contributed by atoms with Gasteiger partial charge in [0.1, 0.15) is 0 Å². The fourth-order valence-corrected chi connectivity index (χ4v) is 3.52. The van der Waals surface area contributed by atoms with Crippen LogP contribution in [0.3, 0.4) is 0 Å². The Morgan fingerprint density at radius 2 is 2.10 bits per heavy atom. The molecule has 0 aromatic carbocycles. The van der Waals surface area contributed by atoms with Gasteiger partial charge >= 0.3 is 0 Å². The summed E-state index contributed by atoms with van der Waals surface area (Å²) in [4.78, 5) is 2.57. The highest BCUT2D eigenvalue weighted by Gasteiger charge is 2.49. The zero-order chi connectivity index (χ0) is 14.8. The second kappa shape index (κ2) is 6.76. The molecule has 0 aromatic rings. The fourth-order valence-electron chi connectivity index (χ4n) is 3.52. The van der Waals surface area contributed by atoms with Crippen LogP contribution in [0, 0.1) is 11.3 Å². The SMILES string of the molecule is CCN1CCCC(NC2CC(OCC(C)C)C2(C)C)C1. The highest BCUT2D eigenvalue weighted by molar-refractivity contribution is 5.04. The van der Waals surface area contributed by atoms with Gasteiger partial charge in [0.15, 0.2) is 0 Å². The van der Waals surface area contributed by atoms with Crippen LogP contribution in [0.1, 0.15) is 53.9 Å². The lowest BCUT2D eigenvalue weighted by molar-refractivity contribution is -0.127. The zero-order valence-electron chi connectivity index (χ0n) is 14.1. The highest BCUT2D eigenvalue weighted by atomic mass is 16.5. The molecule has 2 aliphatic rings. The summed E-state index contributed by atoms with van der Waals surface area (Å²) in [5.41, 5.74) is 0.281. The van der Waals surface area contributed by atoms with Crippen LogP contribution in [0.4, 0.5) is 0 Å². The number of ether oxygens (including phenoxy) is 1. The molecule has 3 unspecified atom stereocenters. The number of piperidine rings is 1. The molecule has 1 saturated carbocycles. The number of nitrogens with one attached hydrogen (secondary N) is 1. The molecule has 118 valence electrons. The molecule has 1 N–H and O–H groups in total. The first-order valence-electron chi connectivity index (χ1n) is 8.53. The van der Waals surface area contributed by atoms with E-state index >= 15 is 0 Å². The van der Waals surface area contributed by atoms with Gasteiger partial charge in [-0.15, -0.1) is 0 Å². The van der Waals surface area contributed by atoms with Gasteiger partial charge in [-0.1, -0.05) is 34.6 Å². The Hall–Kier alpha value is -0.120. The van der Waals surface area contributed by atoms with Crippen molar-refractivity contribution >= 4 is 0 Å². The monoisotopic (exact) mass is 282 g/mol. The predicted octanol–water partition coefficient (Wildman–Crippen LogP) is 2.90. The van der Waals surface area contributed by atoms with Gasteiger partial charge in [-0.25, -0.2) is 0 Å². The molecule has 2 rings (SSSR count). The van der Waals surface area contributed by atoms with E-state index in [1.165, 1.54) is 38.9 Å². The standard InChI is InChI=1S/C17H34N2O/c1-6-19-9-7-8-14(11-19)18-15-10-16(17(15,4)5)20-12-13(2)3/h13-16,18H,6-12H2,1-5H3. The van der Waals surface area contributed by atoms with Gasteiger partial charge in [-0.3, -0.25) is 0 Å². The van der Waals surface area contributed by atoms with Gasteiger partial charge in [-0.2, -0.15) is 0 Å². The van der Waals surface area contributed by atoms with Crippen LogP contribution in [-0.2, 0) is 4.74 Å². The lowest BCUT2D eigenvalue weighted by atomic mass is 9.64. The van der Waals surface area contributed by atoms with E-state index in [0.717, 1.165) is 6.61 Å². The second-order valence-electron chi connectivity index (χ2n) is 7.72. The van der Waals surface area contributed by atoms with E-state index in [1.54, 1.807) is 0 Å². The van der Waals surface area contributed by atoms with Crippen LogP contribution in [0.15, 0.2) is 0 Å². The molecule has 3 heteroatoms. The largest absolute Gasteiger partial charge is 0.377 e. The number of likely N-dealkylation sites (N-methyl/N-ethyl adjacent to an activating group) is 1. The smallest absolute Gasteiger partial charge is 0.0656 e. The van der Waals surface area contributed by atoms with Gasteiger partial charge in [0.05, 0.1) is 6.10 Å². The van der Waals surface area contributed by atoms with Crippen molar-refractivity contribution in [2.45, 2.75) is 72.1 Å². The maximum Gasteiger partial charge on any atom is 0.0656 e. The van der Waals surface area contributed by atoms with Crippen LogP contribution in [0.2, 0.25) is 0 Å². The summed E-state index contributed by atoms with van der Waals surface area (Å²) in [6.07, 6.45) is 4.29. The normalized spacial score (nSPS) is 34.2. The molecule has 2 fully saturated rings. The molecule has 1 saturated heterocycles. The molecule has 1 aliphatic heterocycles. The van der Waals surface area contributed by atoms with Crippen LogP contribution >= 0.6 is 0 Å². The third-order valence-corrected chi connectivity index (χ3v) is 5.20. The summed E-state index contributed by atoms with van der Waals surface area (Å²) in [6.45, 7) is 16.0. The van der Waals surface area contributed by atoms with Crippen LogP contribution in [0.5, 0.6) is 0 Å². The van der Waals surface area contributed by atoms with Crippen molar-refractivity contribution in [3.05, 3.63) is 0 Å². The highest BCUT2D eigenvalue weighted by Crippen LogP contribution is 2.43. The summed E-state index contributed by atoms with van der Waals surface area (Å²) in [7, 11) is 0. The molecule has 0 aromatic heterocycles. The number of likely N-dealkylation sites (tertiary alicyclic amines) is 1. The third-order valence-electron chi connectivity index (χ3n) is 5.20. The van der Waals surface area contributed by atoms with Crippen molar-refractivity contribution in [1.82, 2.24) is 10.2 Å². The average molecular weight is 282 g/mol. The maximum absolute atomic E-state index is 6.07. The predicted molar refractivity (Wildman–Crippen MR) is 85.0 cm³/mol.